The number of halogens is 2. The van der Waals surface area contributed by atoms with E-state index >= 15 is 0 Å². The molecule has 0 N–H and O–H groups in total. The molecule has 0 atom stereocenters. The number of hydrogen-bond acceptors (Lipinski definition) is 2. The second-order valence-electron chi connectivity index (χ2n) is 5.63. The van der Waals surface area contributed by atoms with Crippen molar-refractivity contribution < 1.29 is 9.31 Å². The van der Waals surface area contributed by atoms with Crippen LogP contribution >= 0.6 is 23.2 Å². The summed E-state index contributed by atoms with van der Waals surface area (Å²) in [7, 11) is -0.286. The molecule has 1 saturated heterocycles. The highest BCUT2D eigenvalue weighted by Gasteiger charge is 2.50. The molecule has 0 saturated carbocycles. The van der Waals surface area contributed by atoms with Gasteiger partial charge in [0.2, 0.25) is 0 Å². The molecule has 1 aliphatic heterocycles. The quantitative estimate of drug-likeness (QED) is 0.760. The van der Waals surface area contributed by atoms with E-state index in [9.17, 15) is 0 Å². The minimum absolute atomic E-state index is 0.286. The number of rotatable bonds is 2. The van der Waals surface area contributed by atoms with Gasteiger partial charge in [-0.05, 0) is 51.5 Å². The van der Waals surface area contributed by atoms with E-state index in [1.54, 1.807) is 12.1 Å². The zero-order valence-electron chi connectivity index (χ0n) is 11.1. The highest BCUT2D eigenvalue weighted by molar-refractivity contribution is 6.45. The molecular weight excluding hydrogens is 270 g/mol. The Morgan fingerprint density at radius 3 is 2.17 bits per heavy atom. The first kappa shape index (κ1) is 14.2. The van der Waals surface area contributed by atoms with Gasteiger partial charge < -0.3 is 9.31 Å². The molecule has 5 heteroatoms. The summed E-state index contributed by atoms with van der Waals surface area (Å²) in [6.45, 7) is 8.14. The first-order chi connectivity index (χ1) is 8.21. The van der Waals surface area contributed by atoms with Crippen molar-refractivity contribution in [1.82, 2.24) is 0 Å². The monoisotopic (exact) mass is 286 g/mol. The molecule has 2 nitrogen and oxygen atoms in total. The second-order valence-corrected chi connectivity index (χ2v) is 6.47. The summed E-state index contributed by atoms with van der Waals surface area (Å²) in [6, 6.07) is 5.43. The maximum Gasteiger partial charge on any atom is 0.462 e. The van der Waals surface area contributed by atoms with Crippen molar-refractivity contribution in [2.75, 3.05) is 0 Å². The fourth-order valence-electron chi connectivity index (χ4n) is 1.93. The highest BCUT2D eigenvalue weighted by atomic mass is 35.5. The lowest BCUT2D eigenvalue weighted by molar-refractivity contribution is 0.00578. The Bertz CT molecular complexity index is 444. The maximum atomic E-state index is 6.15. The van der Waals surface area contributed by atoms with Crippen molar-refractivity contribution >= 4 is 30.3 Å². The molecule has 0 aromatic heterocycles. The molecule has 1 aromatic rings. The van der Waals surface area contributed by atoms with Gasteiger partial charge in [0.25, 0.3) is 0 Å². The van der Waals surface area contributed by atoms with Crippen molar-refractivity contribution in [3.05, 3.63) is 33.8 Å². The third-order valence-corrected chi connectivity index (χ3v) is 4.30. The smallest absolute Gasteiger partial charge is 0.403 e. The van der Waals surface area contributed by atoms with Crippen LogP contribution in [0.25, 0.3) is 0 Å². The molecule has 0 spiro atoms. The van der Waals surface area contributed by atoms with E-state index in [1.807, 2.05) is 33.8 Å². The van der Waals surface area contributed by atoms with Gasteiger partial charge in [0.15, 0.2) is 0 Å². The van der Waals surface area contributed by atoms with E-state index in [2.05, 4.69) is 0 Å². The van der Waals surface area contributed by atoms with Crippen molar-refractivity contribution in [3.63, 3.8) is 0 Å². The Kier molecular flexibility index (Phi) is 3.72. The molecule has 0 amide bonds. The fraction of sp³-hybridized carbons (Fsp3) is 0.538. The van der Waals surface area contributed by atoms with Crippen LogP contribution in [0.5, 0.6) is 0 Å². The molecule has 0 radical (unpaired) electrons. The van der Waals surface area contributed by atoms with Crippen molar-refractivity contribution in [1.29, 1.82) is 0 Å². The van der Waals surface area contributed by atoms with Crippen LogP contribution in [0.15, 0.2) is 18.2 Å². The van der Waals surface area contributed by atoms with Gasteiger partial charge >= 0.3 is 7.12 Å². The molecule has 1 heterocycles. The molecule has 1 aromatic carbocycles. The average molecular weight is 287 g/mol. The summed E-state index contributed by atoms with van der Waals surface area (Å²) in [5, 5.41) is 1.36. The van der Waals surface area contributed by atoms with E-state index in [0.29, 0.717) is 16.4 Å². The van der Waals surface area contributed by atoms with Crippen molar-refractivity contribution in [3.8, 4) is 0 Å². The molecule has 2 rings (SSSR count). The van der Waals surface area contributed by atoms with E-state index in [-0.39, 0.29) is 18.3 Å². The Labute approximate surface area is 119 Å². The van der Waals surface area contributed by atoms with Crippen LogP contribution in [0.2, 0.25) is 10.0 Å². The Hall–Kier alpha value is -0.215. The molecule has 18 heavy (non-hydrogen) atoms. The first-order valence-electron chi connectivity index (χ1n) is 6.01. The standard InChI is InChI=1S/C13H17BCl2O2/c1-12(2)13(3,4)18-14(17-12)8-9-7-10(15)5-6-11(9)16/h5-7H,8H2,1-4H3. The largest absolute Gasteiger partial charge is 0.462 e. The minimum Gasteiger partial charge on any atom is -0.403 e. The van der Waals surface area contributed by atoms with Gasteiger partial charge in [0.1, 0.15) is 0 Å². The van der Waals surface area contributed by atoms with E-state index in [4.69, 9.17) is 32.5 Å². The lowest BCUT2D eigenvalue weighted by Gasteiger charge is -2.32. The molecule has 1 aliphatic rings. The number of benzene rings is 1. The van der Waals surface area contributed by atoms with Gasteiger partial charge in [0, 0.05) is 16.4 Å². The van der Waals surface area contributed by atoms with Crippen LogP contribution in [0.1, 0.15) is 33.3 Å². The van der Waals surface area contributed by atoms with Crippen LogP contribution in [-0.4, -0.2) is 18.3 Å². The lowest BCUT2D eigenvalue weighted by atomic mass is 9.81. The molecule has 0 aliphatic carbocycles. The molecule has 1 fully saturated rings. The minimum atomic E-state index is -0.317. The Morgan fingerprint density at radius 2 is 1.61 bits per heavy atom. The Balaban J connectivity index is 2.15. The predicted molar refractivity (Wildman–Crippen MR) is 76.2 cm³/mol. The lowest BCUT2D eigenvalue weighted by Crippen LogP contribution is -2.41. The van der Waals surface area contributed by atoms with E-state index in [0.717, 1.165) is 5.56 Å². The zero-order chi connectivity index (χ0) is 13.6. The van der Waals surface area contributed by atoms with Gasteiger partial charge in [0.05, 0.1) is 11.2 Å². The average Bonchev–Trinajstić information content (AvgIpc) is 2.41. The van der Waals surface area contributed by atoms with Gasteiger partial charge in [-0.1, -0.05) is 23.2 Å². The second kappa shape index (κ2) is 4.71. The van der Waals surface area contributed by atoms with Crippen molar-refractivity contribution in [2.45, 2.75) is 45.2 Å². The van der Waals surface area contributed by atoms with E-state index in [1.165, 1.54) is 0 Å². The van der Waals surface area contributed by atoms with Crippen LogP contribution in [0.3, 0.4) is 0 Å². The molecular formula is C13H17BCl2O2. The third kappa shape index (κ3) is 2.69. The van der Waals surface area contributed by atoms with Gasteiger partial charge in [-0.2, -0.15) is 0 Å². The first-order valence-corrected chi connectivity index (χ1v) is 6.76. The summed E-state index contributed by atoms with van der Waals surface area (Å²) < 4.78 is 11.9. The van der Waals surface area contributed by atoms with Crippen molar-refractivity contribution in [2.24, 2.45) is 0 Å². The molecule has 0 unspecified atom stereocenters. The third-order valence-electron chi connectivity index (χ3n) is 3.70. The summed E-state index contributed by atoms with van der Waals surface area (Å²) in [4.78, 5) is 0. The van der Waals surface area contributed by atoms with Gasteiger partial charge in [-0.15, -0.1) is 0 Å². The summed E-state index contributed by atoms with van der Waals surface area (Å²) >= 11 is 12.1. The molecule has 98 valence electrons. The predicted octanol–water partition coefficient (Wildman–Crippen LogP) is 4.17. The van der Waals surface area contributed by atoms with Crippen LogP contribution in [0, 0.1) is 0 Å². The topological polar surface area (TPSA) is 18.5 Å². The normalized spacial score (nSPS) is 21.3. The molecule has 0 bridgehead atoms. The summed E-state index contributed by atoms with van der Waals surface area (Å²) in [5.74, 6) is 0. The zero-order valence-corrected chi connectivity index (χ0v) is 12.6. The number of hydrogen-bond donors (Lipinski definition) is 0. The summed E-state index contributed by atoms with van der Waals surface area (Å²) in [5.41, 5.74) is 0.313. The highest BCUT2D eigenvalue weighted by Crippen LogP contribution is 2.38. The van der Waals surface area contributed by atoms with Crippen LogP contribution < -0.4 is 0 Å². The fourth-order valence-corrected chi connectivity index (χ4v) is 2.32. The van der Waals surface area contributed by atoms with Gasteiger partial charge in [-0.3, -0.25) is 0 Å². The summed E-state index contributed by atoms with van der Waals surface area (Å²) in [6.07, 6.45) is 0.603. The SMILES string of the molecule is CC1(C)OB(Cc2cc(Cl)ccc2Cl)OC1(C)C. The van der Waals surface area contributed by atoms with Crippen LogP contribution in [-0.2, 0) is 15.6 Å². The van der Waals surface area contributed by atoms with Gasteiger partial charge in [-0.25, -0.2) is 0 Å². The maximum absolute atomic E-state index is 6.15. The van der Waals surface area contributed by atoms with E-state index < -0.39 is 0 Å². The Morgan fingerprint density at radius 1 is 1.06 bits per heavy atom. The van der Waals surface area contributed by atoms with Crippen LogP contribution in [0.4, 0.5) is 0 Å².